The SMILES string of the molecule is CCOC(=O)Cc1nc(NC(=O)CBr)sc1CC. The fraction of sp³-hybridized carbons (Fsp3) is 0.545. The Morgan fingerprint density at radius 1 is 1.44 bits per heavy atom. The Bertz CT molecular complexity index is 434. The van der Waals surface area contributed by atoms with Crippen molar-refractivity contribution in [2.24, 2.45) is 0 Å². The molecule has 1 aromatic rings. The summed E-state index contributed by atoms with van der Waals surface area (Å²) in [5.74, 6) is -0.454. The average molecular weight is 335 g/mol. The van der Waals surface area contributed by atoms with E-state index >= 15 is 0 Å². The Morgan fingerprint density at radius 3 is 2.72 bits per heavy atom. The third kappa shape index (κ3) is 4.38. The van der Waals surface area contributed by atoms with Crippen molar-refractivity contribution in [1.29, 1.82) is 0 Å². The summed E-state index contributed by atoms with van der Waals surface area (Å²) in [7, 11) is 0. The van der Waals surface area contributed by atoms with E-state index in [9.17, 15) is 9.59 Å². The maximum Gasteiger partial charge on any atom is 0.311 e. The third-order valence-electron chi connectivity index (χ3n) is 2.08. The van der Waals surface area contributed by atoms with E-state index in [-0.39, 0.29) is 23.6 Å². The van der Waals surface area contributed by atoms with Crippen LogP contribution in [0.15, 0.2) is 0 Å². The van der Waals surface area contributed by atoms with Crippen molar-refractivity contribution in [1.82, 2.24) is 4.98 Å². The number of anilines is 1. The topological polar surface area (TPSA) is 68.3 Å². The predicted molar refractivity (Wildman–Crippen MR) is 74.3 cm³/mol. The van der Waals surface area contributed by atoms with Gasteiger partial charge in [0.1, 0.15) is 0 Å². The highest BCUT2D eigenvalue weighted by Gasteiger charge is 2.15. The first kappa shape index (κ1) is 15.1. The van der Waals surface area contributed by atoms with E-state index in [1.54, 1.807) is 6.92 Å². The lowest BCUT2D eigenvalue weighted by Gasteiger charge is -2.00. The lowest BCUT2D eigenvalue weighted by Crippen LogP contribution is -2.12. The number of esters is 1. The molecule has 0 aliphatic rings. The first-order chi connectivity index (χ1) is 8.60. The molecule has 0 fully saturated rings. The number of alkyl halides is 1. The summed E-state index contributed by atoms with van der Waals surface area (Å²) in [6.45, 7) is 4.11. The van der Waals surface area contributed by atoms with Crippen molar-refractivity contribution in [2.45, 2.75) is 26.7 Å². The number of rotatable bonds is 6. The van der Waals surface area contributed by atoms with Crippen LogP contribution in [0.5, 0.6) is 0 Å². The molecule has 1 amide bonds. The Balaban J connectivity index is 2.77. The van der Waals surface area contributed by atoms with Gasteiger partial charge in [-0.05, 0) is 13.3 Å². The summed E-state index contributed by atoms with van der Waals surface area (Å²) >= 11 is 4.46. The number of carbonyl (C=O) groups excluding carboxylic acids is 2. The maximum atomic E-state index is 11.4. The van der Waals surface area contributed by atoms with Gasteiger partial charge in [-0.15, -0.1) is 11.3 Å². The largest absolute Gasteiger partial charge is 0.466 e. The number of ether oxygens (including phenoxy) is 1. The normalized spacial score (nSPS) is 10.2. The van der Waals surface area contributed by atoms with Crippen LogP contribution in [0, 0.1) is 0 Å². The molecule has 0 unspecified atom stereocenters. The molecule has 0 atom stereocenters. The highest BCUT2D eigenvalue weighted by molar-refractivity contribution is 9.09. The van der Waals surface area contributed by atoms with Gasteiger partial charge in [0.25, 0.3) is 0 Å². The molecular weight excluding hydrogens is 320 g/mol. The number of halogens is 1. The van der Waals surface area contributed by atoms with Gasteiger partial charge in [-0.1, -0.05) is 22.9 Å². The maximum absolute atomic E-state index is 11.4. The van der Waals surface area contributed by atoms with E-state index in [1.807, 2.05) is 6.92 Å². The van der Waals surface area contributed by atoms with E-state index in [0.29, 0.717) is 17.4 Å². The van der Waals surface area contributed by atoms with Crippen LogP contribution in [-0.4, -0.2) is 28.8 Å². The quantitative estimate of drug-likeness (QED) is 0.639. The number of thiazole rings is 1. The molecule has 5 nitrogen and oxygen atoms in total. The van der Waals surface area contributed by atoms with E-state index < -0.39 is 0 Å². The molecule has 0 bridgehead atoms. The highest BCUT2D eigenvalue weighted by Crippen LogP contribution is 2.24. The summed E-state index contributed by atoms with van der Waals surface area (Å²) in [6, 6.07) is 0. The van der Waals surface area contributed by atoms with Gasteiger partial charge < -0.3 is 10.1 Å². The molecule has 7 heteroatoms. The average Bonchev–Trinajstić information content (AvgIpc) is 2.71. The van der Waals surface area contributed by atoms with Crippen molar-refractivity contribution in [3.63, 3.8) is 0 Å². The molecular formula is C11H15BrN2O3S. The monoisotopic (exact) mass is 334 g/mol. The molecule has 0 saturated heterocycles. The van der Waals surface area contributed by atoms with Crippen LogP contribution in [0.3, 0.4) is 0 Å². The van der Waals surface area contributed by atoms with Gasteiger partial charge in [0.15, 0.2) is 5.13 Å². The third-order valence-corrected chi connectivity index (χ3v) is 3.75. The van der Waals surface area contributed by atoms with E-state index in [2.05, 4.69) is 26.2 Å². The zero-order valence-corrected chi connectivity index (χ0v) is 12.7. The van der Waals surface area contributed by atoms with Gasteiger partial charge >= 0.3 is 5.97 Å². The van der Waals surface area contributed by atoms with Crippen molar-refractivity contribution in [3.8, 4) is 0 Å². The second-order valence-corrected chi connectivity index (χ2v) is 5.05. The van der Waals surface area contributed by atoms with E-state index in [1.165, 1.54) is 11.3 Å². The number of nitrogens with one attached hydrogen (secondary N) is 1. The number of carbonyl (C=O) groups is 2. The molecule has 0 aliphatic carbocycles. The molecule has 0 saturated carbocycles. The molecule has 1 rings (SSSR count). The minimum atomic E-state index is -0.295. The van der Waals surface area contributed by atoms with Gasteiger partial charge in [-0.3, -0.25) is 9.59 Å². The number of aromatic nitrogens is 1. The van der Waals surface area contributed by atoms with Crippen LogP contribution in [-0.2, 0) is 27.2 Å². The van der Waals surface area contributed by atoms with Crippen LogP contribution in [0.4, 0.5) is 5.13 Å². The fourth-order valence-electron chi connectivity index (χ4n) is 1.35. The van der Waals surface area contributed by atoms with Crippen LogP contribution >= 0.6 is 27.3 Å². The second-order valence-electron chi connectivity index (χ2n) is 3.41. The van der Waals surface area contributed by atoms with E-state index in [4.69, 9.17) is 4.74 Å². The van der Waals surface area contributed by atoms with Crippen LogP contribution in [0.1, 0.15) is 24.4 Å². The molecule has 0 spiro atoms. The van der Waals surface area contributed by atoms with Gasteiger partial charge in [0.05, 0.1) is 24.1 Å². The molecule has 0 aromatic carbocycles. The van der Waals surface area contributed by atoms with Crippen molar-refractivity contribution < 1.29 is 14.3 Å². The minimum absolute atomic E-state index is 0.150. The summed E-state index contributed by atoms with van der Waals surface area (Å²) in [5, 5.41) is 3.41. The van der Waals surface area contributed by atoms with Crippen LogP contribution < -0.4 is 5.32 Å². The van der Waals surface area contributed by atoms with Crippen molar-refractivity contribution in [3.05, 3.63) is 10.6 Å². The van der Waals surface area contributed by atoms with Crippen LogP contribution in [0.2, 0.25) is 0 Å². The number of nitrogens with zero attached hydrogens (tertiary/aromatic N) is 1. The summed E-state index contributed by atoms with van der Waals surface area (Å²) in [5.41, 5.74) is 0.686. The Labute approximate surface area is 118 Å². The lowest BCUT2D eigenvalue weighted by molar-refractivity contribution is -0.142. The number of hydrogen-bond donors (Lipinski definition) is 1. The zero-order chi connectivity index (χ0) is 13.5. The number of amides is 1. The van der Waals surface area contributed by atoms with Gasteiger partial charge in [0, 0.05) is 4.88 Å². The van der Waals surface area contributed by atoms with Gasteiger partial charge in [-0.25, -0.2) is 4.98 Å². The van der Waals surface area contributed by atoms with Crippen LogP contribution in [0.25, 0.3) is 0 Å². The molecule has 18 heavy (non-hydrogen) atoms. The Kier molecular flexibility index (Phi) is 6.28. The highest BCUT2D eigenvalue weighted by atomic mass is 79.9. The molecule has 100 valence electrons. The smallest absolute Gasteiger partial charge is 0.311 e. The standard InChI is InChI=1S/C11H15BrN2O3S/c1-3-8-7(5-10(16)17-4-2)13-11(18-8)14-9(15)6-12/h3-6H2,1-2H3,(H,13,14,15). The molecule has 1 heterocycles. The summed E-state index contributed by atoms with van der Waals surface area (Å²) in [4.78, 5) is 27.9. The second kappa shape index (κ2) is 7.48. The summed E-state index contributed by atoms with van der Waals surface area (Å²) in [6.07, 6.45) is 0.925. The Hall–Kier alpha value is -0.950. The summed E-state index contributed by atoms with van der Waals surface area (Å²) < 4.78 is 4.89. The molecule has 1 N–H and O–H groups in total. The first-order valence-electron chi connectivity index (χ1n) is 5.60. The predicted octanol–water partition coefficient (Wildman–Crippen LogP) is 2.14. The first-order valence-corrected chi connectivity index (χ1v) is 7.54. The van der Waals surface area contributed by atoms with E-state index in [0.717, 1.165) is 11.3 Å². The minimum Gasteiger partial charge on any atom is -0.466 e. The Morgan fingerprint density at radius 2 is 2.17 bits per heavy atom. The number of hydrogen-bond acceptors (Lipinski definition) is 5. The fourth-order valence-corrected chi connectivity index (χ4v) is 2.43. The van der Waals surface area contributed by atoms with Gasteiger partial charge in [-0.2, -0.15) is 0 Å². The van der Waals surface area contributed by atoms with Crippen molar-refractivity contribution >= 4 is 44.3 Å². The molecule has 0 aliphatic heterocycles. The number of aryl methyl sites for hydroxylation is 1. The molecule has 1 aromatic heterocycles. The zero-order valence-electron chi connectivity index (χ0n) is 10.3. The van der Waals surface area contributed by atoms with Crippen molar-refractivity contribution in [2.75, 3.05) is 17.3 Å². The molecule has 0 radical (unpaired) electrons. The lowest BCUT2D eigenvalue weighted by atomic mass is 10.2. The van der Waals surface area contributed by atoms with Gasteiger partial charge in [0.2, 0.25) is 5.91 Å².